The second-order valence-corrected chi connectivity index (χ2v) is 9.43. The van der Waals surface area contributed by atoms with Gasteiger partial charge in [0.05, 0.1) is 18.1 Å². The topological polar surface area (TPSA) is 120 Å². The number of rotatable bonds is 7. The summed E-state index contributed by atoms with van der Waals surface area (Å²) in [6.07, 6.45) is -0.157. The van der Waals surface area contributed by atoms with E-state index in [0.717, 1.165) is 48.9 Å². The lowest BCUT2D eigenvalue weighted by Gasteiger charge is -2.23. The molecule has 4 rings (SSSR count). The minimum atomic E-state index is -4.70. The number of hydrogen-bond donors (Lipinski definition) is 4. The number of aliphatic hydroxyl groups is 1. The first-order valence-electron chi connectivity index (χ1n) is 12.3. The van der Waals surface area contributed by atoms with E-state index in [0.29, 0.717) is 6.54 Å². The van der Waals surface area contributed by atoms with E-state index in [1.165, 1.54) is 16.9 Å². The number of aromatic nitrogens is 2. The maximum absolute atomic E-state index is 13.5. The fourth-order valence-electron chi connectivity index (χ4n) is 4.46. The van der Waals surface area contributed by atoms with Gasteiger partial charge in [0.15, 0.2) is 6.54 Å². The van der Waals surface area contributed by atoms with Crippen molar-refractivity contribution in [2.24, 2.45) is 5.92 Å². The summed E-state index contributed by atoms with van der Waals surface area (Å²) in [7, 11) is 0. The first-order valence-corrected chi connectivity index (χ1v) is 12.3. The summed E-state index contributed by atoms with van der Waals surface area (Å²) in [4.78, 5) is 25.0. The first kappa shape index (κ1) is 27.1. The Kier molecular flexibility index (Phi) is 8.30. The van der Waals surface area contributed by atoms with Gasteiger partial charge in [-0.3, -0.25) is 14.6 Å². The Morgan fingerprint density at radius 3 is 2.50 bits per heavy atom. The van der Waals surface area contributed by atoms with Gasteiger partial charge in [-0.05, 0) is 49.1 Å². The third-order valence-electron chi connectivity index (χ3n) is 6.45. The highest BCUT2D eigenvalue weighted by atomic mass is 19.4. The molecular weight excluding hydrogens is 503 g/mol. The van der Waals surface area contributed by atoms with Gasteiger partial charge in [-0.1, -0.05) is 41.8 Å². The Bertz CT molecular complexity index is 1290. The van der Waals surface area contributed by atoms with Gasteiger partial charge in [0.1, 0.15) is 0 Å². The van der Waals surface area contributed by atoms with E-state index >= 15 is 0 Å². The van der Waals surface area contributed by atoms with Crippen LogP contribution < -0.4 is 20.6 Å². The van der Waals surface area contributed by atoms with Crippen molar-refractivity contribution >= 4 is 29.2 Å². The van der Waals surface area contributed by atoms with Gasteiger partial charge >= 0.3 is 18.1 Å². The fourth-order valence-corrected chi connectivity index (χ4v) is 4.46. The molecule has 9 nitrogen and oxygen atoms in total. The molecule has 1 fully saturated rings. The van der Waals surface area contributed by atoms with Crippen molar-refractivity contribution in [3.63, 3.8) is 0 Å². The largest absolute Gasteiger partial charge is 0.416 e. The van der Waals surface area contributed by atoms with Gasteiger partial charge < -0.3 is 15.7 Å². The number of nitrogens with zero attached hydrogens (tertiary/aromatic N) is 2. The predicted molar refractivity (Wildman–Crippen MR) is 132 cm³/mol. The lowest BCUT2D eigenvalue weighted by molar-refractivity contribution is -0.768. The second kappa shape index (κ2) is 11.6. The summed E-state index contributed by atoms with van der Waals surface area (Å²) in [5.74, 6) is -0.500. The molecule has 1 aliphatic carbocycles. The molecule has 1 saturated carbocycles. The number of benzene rings is 2. The summed E-state index contributed by atoms with van der Waals surface area (Å²) in [6.45, 7) is 2.25. The van der Waals surface area contributed by atoms with Gasteiger partial charge in [0.2, 0.25) is 11.2 Å². The zero-order valence-electron chi connectivity index (χ0n) is 20.7. The van der Waals surface area contributed by atoms with Crippen molar-refractivity contribution in [1.82, 2.24) is 5.27 Å². The van der Waals surface area contributed by atoms with Crippen LogP contribution in [-0.4, -0.2) is 28.4 Å². The van der Waals surface area contributed by atoms with Gasteiger partial charge in [0.25, 0.3) is 6.20 Å². The van der Waals surface area contributed by atoms with Crippen molar-refractivity contribution < 1.29 is 37.1 Å². The molecule has 38 heavy (non-hydrogen) atoms. The minimum absolute atomic E-state index is 0.0183. The summed E-state index contributed by atoms with van der Waals surface area (Å²) >= 11 is 0. The maximum Gasteiger partial charge on any atom is 0.416 e. The van der Waals surface area contributed by atoms with E-state index in [4.69, 9.17) is 4.52 Å². The molecule has 1 aliphatic rings. The van der Waals surface area contributed by atoms with Crippen LogP contribution in [0.1, 0.15) is 42.4 Å². The average Bonchev–Trinajstić information content (AvgIpc) is 3.27. The van der Waals surface area contributed by atoms with Crippen molar-refractivity contribution in [2.75, 3.05) is 16.0 Å². The number of urea groups is 1. The van der Waals surface area contributed by atoms with Crippen LogP contribution in [0.3, 0.4) is 0 Å². The molecule has 0 unspecified atom stereocenters. The molecule has 0 aliphatic heterocycles. The normalized spacial score (nSPS) is 17.6. The molecule has 2 atom stereocenters. The maximum atomic E-state index is 13.5. The third kappa shape index (κ3) is 7.31. The summed E-state index contributed by atoms with van der Waals surface area (Å²) in [5, 5.41) is 21.2. The zero-order valence-corrected chi connectivity index (χ0v) is 20.7. The predicted octanol–water partition coefficient (Wildman–Crippen LogP) is 4.67. The molecule has 12 heteroatoms. The number of hydrogen-bond acceptors (Lipinski definition) is 5. The van der Waals surface area contributed by atoms with Gasteiger partial charge in [0, 0.05) is 17.3 Å². The van der Waals surface area contributed by atoms with Crippen LogP contribution in [0.15, 0.2) is 53.2 Å². The van der Waals surface area contributed by atoms with Crippen LogP contribution in [0, 0.1) is 12.8 Å². The van der Waals surface area contributed by atoms with Crippen LogP contribution in [0.5, 0.6) is 0 Å². The van der Waals surface area contributed by atoms with Crippen LogP contribution >= 0.6 is 0 Å². The molecule has 1 aromatic heterocycles. The van der Waals surface area contributed by atoms with Crippen LogP contribution in [-0.2, 0) is 23.9 Å². The van der Waals surface area contributed by atoms with Crippen LogP contribution in [0.2, 0.25) is 0 Å². The van der Waals surface area contributed by atoms with E-state index in [-0.39, 0.29) is 29.6 Å². The smallest absolute Gasteiger partial charge is 0.393 e. The van der Waals surface area contributed by atoms with Crippen molar-refractivity contribution in [3.8, 4) is 0 Å². The van der Waals surface area contributed by atoms with E-state index in [1.807, 2.05) is 19.1 Å². The zero-order chi connectivity index (χ0) is 27.3. The molecule has 0 bridgehead atoms. The van der Waals surface area contributed by atoms with Crippen LogP contribution in [0.25, 0.3) is 0 Å². The minimum Gasteiger partial charge on any atom is -0.393 e. The molecule has 3 amide bonds. The molecule has 3 aromatic rings. The number of halogens is 3. The number of alkyl halides is 3. The molecular formula is C26H29F3N5O4+. The second-order valence-electron chi connectivity index (χ2n) is 9.43. The van der Waals surface area contributed by atoms with Gasteiger partial charge in [-0.15, -0.1) is 0 Å². The number of carbonyl (C=O) groups excluding carboxylic acids is 2. The Morgan fingerprint density at radius 2 is 1.79 bits per heavy atom. The Balaban J connectivity index is 1.41. The molecule has 202 valence electrons. The van der Waals surface area contributed by atoms with Crippen LogP contribution in [0.4, 0.5) is 35.2 Å². The monoisotopic (exact) mass is 532 g/mol. The van der Waals surface area contributed by atoms with E-state index in [9.17, 15) is 27.9 Å². The third-order valence-corrected chi connectivity index (χ3v) is 6.45. The number of anilines is 3. The number of aryl methyl sites for hydroxylation is 1. The van der Waals surface area contributed by atoms with E-state index < -0.39 is 29.8 Å². The average molecular weight is 533 g/mol. The molecule has 1 heterocycles. The van der Waals surface area contributed by atoms with Crippen molar-refractivity contribution in [1.29, 1.82) is 0 Å². The molecule has 0 saturated heterocycles. The molecule has 0 radical (unpaired) electrons. The highest BCUT2D eigenvalue weighted by Crippen LogP contribution is 2.33. The van der Waals surface area contributed by atoms with Crippen molar-refractivity contribution in [2.45, 2.75) is 57.9 Å². The highest BCUT2D eigenvalue weighted by molar-refractivity contribution is 6.00. The molecule has 0 spiro atoms. The number of aliphatic hydroxyl groups excluding tert-OH is 1. The van der Waals surface area contributed by atoms with Gasteiger partial charge in [-0.25, -0.2) is 4.79 Å². The highest BCUT2D eigenvalue weighted by Gasteiger charge is 2.32. The first-order chi connectivity index (χ1) is 18.1. The summed E-state index contributed by atoms with van der Waals surface area (Å²) in [5.41, 5.74) is 0.301. The molecule has 4 N–H and O–H groups in total. The summed E-state index contributed by atoms with van der Waals surface area (Å²) < 4.78 is 47.1. The lowest BCUT2D eigenvalue weighted by atomic mass is 9.86. The van der Waals surface area contributed by atoms with Crippen molar-refractivity contribution in [3.05, 3.63) is 65.4 Å². The fraction of sp³-hybridized carbons (Fsp3) is 0.385. The number of amides is 3. The Hall–Kier alpha value is -3.93. The lowest BCUT2D eigenvalue weighted by Crippen LogP contribution is -2.43. The number of carbonyl (C=O) groups is 2. The Morgan fingerprint density at radius 1 is 1.08 bits per heavy atom. The van der Waals surface area contributed by atoms with Gasteiger partial charge in [-0.2, -0.15) is 13.2 Å². The Labute approximate surface area is 217 Å². The van der Waals surface area contributed by atoms with E-state index in [2.05, 4.69) is 21.2 Å². The molecule has 2 aromatic carbocycles. The SMILES string of the molecule is Cc1ccccc1CC(=O)Nc1cc(NC(=O)Nc2c[n+](C[C@H]3CCCC[C@H]3O)no2)cc(C(F)(F)F)c1. The number of nitrogens with one attached hydrogen (secondary N) is 3. The quantitative estimate of drug-likeness (QED) is 0.330. The van der Waals surface area contributed by atoms with E-state index in [1.54, 1.807) is 12.1 Å². The summed E-state index contributed by atoms with van der Waals surface area (Å²) in [6, 6.07) is 9.14. The standard InChI is InChI=1S/C26H28F3N5O4/c1-16-6-2-3-7-17(16)10-23(36)30-20-11-19(26(27,28)29)12-21(13-20)31-25(37)32-24-15-34(33-38-24)14-18-8-4-5-9-22(18)35/h2-3,6-7,11-13,15,18,22,35H,4-5,8-10,14H2,1H3,(H2-,30,31,32,33,36,37)/p+1/t18-,22-/m1/s1.